The van der Waals surface area contributed by atoms with Crippen molar-refractivity contribution >= 4 is 50.9 Å². The van der Waals surface area contributed by atoms with Crippen LogP contribution in [-0.2, 0) is 0 Å². The Labute approximate surface area is 136 Å². The third-order valence-corrected chi connectivity index (χ3v) is 3.15. The van der Waals surface area contributed by atoms with E-state index < -0.39 is 0 Å². The van der Waals surface area contributed by atoms with Crippen molar-refractivity contribution in [1.82, 2.24) is 20.4 Å². The van der Waals surface area contributed by atoms with Gasteiger partial charge in [0, 0.05) is 65.4 Å². The molecule has 17 heavy (non-hydrogen) atoms. The molecule has 2 bridgehead atoms. The van der Waals surface area contributed by atoms with E-state index in [1.807, 2.05) is 0 Å². The van der Waals surface area contributed by atoms with Crippen molar-refractivity contribution < 1.29 is 0 Å². The predicted octanol–water partition coefficient (Wildman–Crippen LogP) is 0.530. The maximum Gasteiger partial charge on any atom is 0.0110 e. The lowest BCUT2D eigenvalue weighted by molar-refractivity contribution is 0.237. The lowest BCUT2D eigenvalue weighted by Gasteiger charge is -2.22. The summed E-state index contributed by atoms with van der Waals surface area (Å²) in [5.74, 6) is 0. The molecule has 0 aliphatic carbocycles. The van der Waals surface area contributed by atoms with Crippen molar-refractivity contribution in [2.75, 3.05) is 65.4 Å². The molecule has 0 amide bonds. The molecule has 106 valence electrons. The second-order valence-corrected chi connectivity index (χ2v) is 4.18. The number of nitrogens with one attached hydrogen (secondary N) is 2. The van der Waals surface area contributed by atoms with Crippen LogP contribution in [0.2, 0.25) is 0 Å². The highest BCUT2D eigenvalue weighted by atomic mass is 79.9. The van der Waals surface area contributed by atoms with Gasteiger partial charge in [-0.25, -0.2) is 0 Å². The van der Waals surface area contributed by atoms with Crippen molar-refractivity contribution in [2.24, 2.45) is 0 Å². The maximum absolute atomic E-state index is 3.50. The van der Waals surface area contributed by atoms with Gasteiger partial charge in [-0.15, -0.1) is 50.9 Å². The molecule has 7 heteroatoms. The van der Waals surface area contributed by atoms with Crippen LogP contribution in [0.4, 0.5) is 0 Å². The third kappa shape index (κ3) is 8.13. The maximum atomic E-state index is 3.50. The van der Waals surface area contributed by atoms with E-state index in [4.69, 9.17) is 0 Å². The van der Waals surface area contributed by atoms with Crippen molar-refractivity contribution in [3.05, 3.63) is 0 Å². The van der Waals surface area contributed by atoms with Gasteiger partial charge in [0.25, 0.3) is 0 Å². The Hall–Kier alpha value is 1.28. The molecule has 0 aromatic heterocycles. The van der Waals surface area contributed by atoms with Crippen LogP contribution >= 0.6 is 50.9 Å². The van der Waals surface area contributed by atoms with Crippen LogP contribution in [-0.4, -0.2) is 75.2 Å². The molecule has 2 N–H and O–H groups in total. The minimum atomic E-state index is 0. The van der Waals surface area contributed by atoms with Crippen LogP contribution in [0.3, 0.4) is 0 Å². The predicted molar refractivity (Wildman–Crippen MR) is 89.6 cm³/mol. The average Bonchev–Trinajstić information content (AvgIpc) is 2.34. The zero-order valence-electron chi connectivity index (χ0n) is 10.2. The highest BCUT2D eigenvalue weighted by Crippen LogP contribution is 1.96. The fraction of sp³-hybridized carbons (Fsp3) is 1.00. The Morgan fingerprint density at radius 1 is 0.471 bits per heavy atom. The molecule has 2 aliphatic rings. The molecular formula is C10H25Br3N4. The third-order valence-electron chi connectivity index (χ3n) is 3.15. The summed E-state index contributed by atoms with van der Waals surface area (Å²) in [6.45, 7) is 11.9. The molecule has 2 aliphatic heterocycles. The molecule has 2 heterocycles. The quantitative estimate of drug-likeness (QED) is 0.575. The molecule has 0 atom stereocenters. The van der Waals surface area contributed by atoms with Crippen LogP contribution in [0.25, 0.3) is 0 Å². The Balaban J connectivity index is 0. The van der Waals surface area contributed by atoms with Gasteiger partial charge in [0.05, 0.1) is 0 Å². The molecular weight excluding hydrogens is 416 g/mol. The standard InChI is InChI=1S/C10H22N4.3BrH/c1-5-13-7-3-12-4-8-14(10-9-13)6-2-11-1;;;/h11-12H,1-10H2;3*1H. The number of hydrogen-bond donors (Lipinski definition) is 2. The number of nitrogens with zero attached hydrogens (tertiary/aromatic N) is 2. The lowest BCUT2D eigenvalue weighted by Crippen LogP contribution is -2.38. The van der Waals surface area contributed by atoms with Gasteiger partial charge in [0.15, 0.2) is 0 Å². The van der Waals surface area contributed by atoms with Crippen molar-refractivity contribution in [3.8, 4) is 0 Å². The minimum absolute atomic E-state index is 0. The Bertz CT molecular complexity index is 144. The van der Waals surface area contributed by atoms with Crippen LogP contribution in [0, 0.1) is 0 Å². The summed E-state index contributed by atoms with van der Waals surface area (Å²) in [5, 5.41) is 7.00. The summed E-state index contributed by atoms with van der Waals surface area (Å²) < 4.78 is 0. The molecule has 0 aromatic carbocycles. The normalized spacial score (nSPS) is 29.6. The zero-order chi connectivity index (χ0) is 9.64. The van der Waals surface area contributed by atoms with E-state index >= 15 is 0 Å². The molecule has 2 rings (SSSR count). The van der Waals surface area contributed by atoms with E-state index in [1.165, 1.54) is 39.3 Å². The second-order valence-electron chi connectivity index (χ2n) is 4.18. The van der Waals surface area contributed by atoms with Crippen LogP contribution < -0.4 is 10.6 Å². The summed E-state index contributed by atoms with van der Waals surface area (Å²) in [7, 11) is 0. The second kappa shape index (κ2) is 12.3. The SMILES string of the molecule is Br.Br.Br.C1CN2CCNCCN(CCN1)CC2. The van der Waals surface area contributed by atoms with E-state index in [2.05, 4.69) is 20.4 Å². The molecule has 0 unspecified atom stereocenters. The molecule has 0 radical (unpaired) electrons. The number of hydrogen-bond acceptors (Lipinski definition) is 4. The number of rotatable bonds is 0. The first-order valence-corrected chi connectivity index (χ1v) is 5.81. The van der Waals surface area contributed by atoms with E-state index in [1.54, 1.807) is 0 Å². The topological polar surface area (TPSA) is 30.5 Å². The van der Waals surface area contributed by atoms with E-state index in [-0.39, 0.29) is 50.9 Å². The summed E-state index contributed by atoms with van der Waals surface area (Å²) >= 11 is 0. The summed E-state index contributed by atoms with van der Waals surface area (Å²) in [5.41, 5.74) is 0. The largest absolute Gasteiger partial charge is 0.314 e. The van der Waals surface area contributed by atoms with Crippen molar-refractivity contribution in [2.45, 2.75) is 0 Å². The van der Waals surface area contributed by atoms with E-state index in [0.717, 1.165) is 26.2 Å². The summed E-state index contributed by atoms with van der Waals surface area (Å²) in [6.07, 6.45) is 0. The smallest absolute Gasteiger partial charge is 0.0110 e. The van der Waals surface area contributed by atoms with E-state index in [0.29, 0.717) is 0 Å². The number of fused-ring (bicyclic) bond motifs is 3. The molecule has 2 saturated heterocycles. The van der Waals surface area contributed by atoms with Crippen LogP contribution in [0.1, 0.15) is 0 Å². The Morgan fingerprint density at radius 3 is 1.06 bits per heavy atom. The Kier molecular flexibility index (Phi) is 14.9. The van der Waals surface area contributed by atoms with Crippen molar-refractivity contribution in [1.29, 1.82) is 0 Å². The fourth-order valence-corrected chi connectivity index (χ4v) is 2.15. The summed E-state index contributed by atoms with van der Waals surface area (Å²) in [4.78, 5) is 5.12. The van der Waals surface area contributed by atoms with E-state index in [9.17, 15) is 0 Å². The molecule has 0 aromatic rings. The minimum Gasteiger partial charge on any atom is -0.314 e. The van der Waals surface area contributed by atoms with Gasteiger partial charge in [-0.3, -0.25) is 9.80 Å². The number of halogens is 3. The summed E-state index contributed by atoms with van der Waals surface area (Å²) in [6, 6.07) is 0. The van der Waals surface area contributed by atoms with Gasteiger partial charge >= 0.3 is 0 Å². The average molecular weight is 441 g/mol. The highest BCUT2D eigenvalue weighted by molar-refractivity contribution is 8.93. The lowest BCUT2D eigenvalue weighted by atomic mass is 10.4. The first-order valence-electron chi connectivity index (χ1n) is 5.81. The molecule has 0 saturated carbocycles. The first-order chi connectivity index (χ1) is 6.95. The van der Waals surface area contributed by atoms with Gasteiger partial charge in [0.1, 0.15) is 0 Å². The molecule has 0 spiro atoms. The van der Waals surface area contributed by atoms with Crippen molar-refractivity contribution in [3.63, 3.8) is 0 Å². The molecule has 2 fully saturated rings. The van der Waals surface area contributed by atoms with Gasteiger partial charge in [-0.05, 0) is 0 Å². The Morgan fingerprint density at radius 2 is 0.765 bits per heavy atom. The zero-order valence-corrected chi connectivity index (χ0v) is 15.3. The van der Waals surface area contributed by atoms with Crippen LogP contribution in [0.5, 0.6) is 0 Å². The molecule has 4 nitrogen and oxygen atoms in total. The van der Waals surface area contributed by atoms with Gasteiger partial charge < -0.3 is 10.6 Å². The van der Waals surface area contributed by atoms with Gasteiger partial charge in [-0.2, -0.15) is 0 Å². The van der Waals surface area contributed by atoms with Crippen LogP contribution in [0.15, 0.2) is 0 Å². The van der Waals surface area contributed by atoms with Gasteiger partial charge in [0.2, 0.25) is 0 Å². The highest BCUT2D eigenvalue weighted by Gasteiger charge is 2.13. The van der Waals surface area contributed by atoms with Gasteiger partial charge in [-0.1, -0.05) is 0 Å². The first kappa shape index (κ1) is 20.6. The monoisotopic (exact) mass is 438 g/mol. The fourth-order valence-electron chi connectivity index (χ4n) is 2.15.